The smallest absolute Gasteiger partial charge is 0.254 e. The highest BCUT2D eigenvalue weighted by molar-refractivity contribution is 5.90. The number of β-lactam (4-membered cyclic amide) rings is 1. The maximum absolute atomic E-state index is 12.7. The number of likely N-dealkylation sites (tertiary alicyclic amines) is 2. The lowest BCUT2D eigenvalue weighted by Crippen LogP contribution is -2.78. The second-order valence-corrected chi connectivity index (χ2v) is 7.90. The number of benzene rings is 1. The lowest BCUT2D eigenvalue weighted by Gasteiger charge is -2.61. The molecule has 3 fully saturated rings. The highest BCUT2D eigenvalue weighted by Gasteiger charge is 2.62. The molecule has 3 saturated heterocycles. The third-order valence-corrected chi connectivity index (χ3v) is 6.49. The van der Waals surface area contributed by atoms with Crippen molar-refractivity contribution in [2.45, 2.75) is 49.9 Å². The van der Waals surface area contributed by atoms with E-state index < -0.39 is 0 Å². The lowest BCUT2D eigenvalue weighted by molar-refractivity contribution is -0.214. The largest absolute Gasteiger partial charge is 0.497 e. The van der Waals surface area contributed by atoms with E-state index in [9.17, 15) is 4.79 Å². The predicted octanol–water partition coefficient (Wildman–Crippen LogP) is 2.07. The summed E-state index contributed by atoms with van der Waals surface area (Å²) in [6.45, 7) is 4.39. The fourth-order valence-electron chi connectivity index (χ4n) is 5.09. The summed E-state index contributed by atoms with van der Waals surface area (Å²) in [5.41, 5.74) is 1.14. The molecule has 0 bridgehead atoms. The number of methoxy groups -OCH3 is 2. The van der Waals surface area contributed by atoms with Crippen LogP contribution >= 0.6 is 0 Å². The van der Waals surface area contributed by atoms with Crippen molar-refractivity contribution in [1.82, 2.24) is 9.80 Å². The molecule has 6 heteroatoms. The molecular weight excluding hydrogens is 344 g/mol. The molecule has 1 aromatic carbocycles. The number of piperidine rings is 1. The molecule has 0 radical (unpaired) electrons. The highest BCUT2D eigenvalue weighted by atomic mass is 16.5. The molecule has 0 aromatic heterocycles. The number of carbonyl (C=O) groups is 1. The summed E-state index contributed by atoms with van der Waals surface area (Å²) in [6.07, 6.45) is 3.54. The number of hydrogen-bond acceptors (Lipinski definition) is 5. The molecule has 1 aromatic rings. The summed E-state index contributed by atoms with van der Waals surface area (Å²) >= 11 is 0. The van der Waals surface area contributed by atoms with Gasteiger partial charge in [0.05, 0.1) is 12.6 Å². The summed E-state index contributed by atoms with van der Waals surface area (Å²) in [5.74, 6) is 1.08. The Morgan fingerprint density at radius 1 is 1.19 bits per heavy atom. The molecule has 148 valence electrons. The van der Waals surface area contributed by atoms with E-state index >= 15 is 0 Å². The first kappa shape index (κ1) is 18.7. The normalized spacial score (nSPS) is 26.2. The maximum Gasteiger partial charge on any atom is 0.254 e. The quantitative estimate of drug-likeness (QED) is 0.739. The molecule has 4 rings (SSSR count). The Morgan fingerprint density at radius 3 is 2.59 bits per heavy atom. The van der Waals surface area contributed by atoms with Gasteiger partial charge >= 0.3 is 0 Å². The predicted molar refractivity (Wildman–Crippen MR) is 102 cm³/mol. The van der Waals surface area contributed by atoms with E-state index in [0.29, 0.717) is 6.04 Å². The number of nitrogens with zero attached hydrogens (tertiary/aromatic N) is 2. The van der Waals surface area contributed by atoms with Crippen LogP contribution in [-0.4, -0.2) is 73.9 Å². The van der Waals surface area contributed by atoms with Crippen molar-refractivity contribution in [2.75, 3.05) is 40.5 Å². The Bertz CT molecular complexity index is 666. The third-order valence-electron chi connectivity index (χ3n) is 6.49. The Hall–Kier alpha value is -1.63. The minimum Gasteiger partial charge on any atom is -0.497 e. The van der Waals surface area contributed by atoms with Crippen LogP contribution in [0.1, 0.15) is 31.2 Å². The number of ether oxygens (including phenoxy) is 3. The standard InChI is InChI=1S/C21H30N2O4/c1-25-18-5-3-4-16(14-18)15-22-10-6-17(7-11-22)23-20(24)19(26-2)21(23)8-12-27-13-9-21/h3-5,14,17,19H,6-13,15H2,1-2H3. The van der Waals surface area contributed by atoms with Gasteiger partial charge in [0.1, 0.15) is 5.75 Å². The zero-order valence-corrected chi connectivity index (χ0v) is 16.4. The molecule has 0 saturated carbocycles. The van der Waals surface area contributed by atoms with E-state index in [0.717, 1.165) is 64.3 Å². The van der Waals surface area contributed by atoms with Gasteiger partial charge in [-0.2, -0.15) is 0 Å². The summed E-state index contributed by atoms with van der Waals surface area (Å²) in [6, 6.07) is 8.59. The van der Waals surface area contributed by atoms with Gasteiger partial charge in [-0.1, -0.05) is 12.1 Å². The molecule has 3 heterocycles. The molecule has 0 aliphatic carbocycles. The second-order valence-electron chi connectivity index (χ2n) is 7.90. The molecule has 1 amide bonds. The van der Waals surface area contributed by atoms with Crippen LogP contribution < -0.4 is 4.74 Å². The topological polar surface area (TPSA) is 51.2 Å². The molecular formula is C21H30N2O4. The van der Waals surface area contributed by atoms with E-state index in [1.807, 2.05) is 12.1 Å². The van der Waals surface area contributed by atoms with Crippen molar-refractivity contribution in [3.63, 3.8) is 0 Å². The zero-order valence-electron chi connectivity index (χ0n) is 16.4. The van der Waals surface area contributed by atoms with E-state index in [-0.39, 0.29) is 17.6 Å². The number of hydrogen-bond donors (Lipinski definition) is 0. The molecule has 0 N–H and O–H groups in total. The van der Waals surface area contributed by atoms with Gasteiger partial charge in [0.2, 0.25) is 0 Å². The Balaban J connectivity index is 1.38. The minimum atomic E-state index is -0.281. The Labute approximate surface area is 161 Å². The summed E-state index contributed by atoms with van der Waals surface area (Å²) in [5, 5.41) is 0. The first-order chi connectivity index (χ1) is 13.2. The second kappa shape index (κ2) is 7.78. The highest BCUT2D eigenvalue weighted by Crippen LogP contribution is 2.45. The van der Waals surface area contributed by atoms with E-state index in [4.69, 9.17) is 14.2 Å². The minimum absolute atomic E-state index is 0.135. The average Bonchev–Trinajstić information content (AvgIpc) is 2.71. The van der Waals surface area contributed by atoms with Crippen molar-refractivity contribution < 1.29 is 19.0 Å². The van der Waals surface area contributed by atoms with Crippen LogP contribution in [0.15, 0.2) is 24.3 Å². The van der Waals surface area contributed by atoms with Crippen molar-refractivity contribution in [1.29, 1.82) is 0 Å². The fourth-order valence-corrected chi connectivity index (χ4v) is 5.09. The summed E-state index contributed by atoms with van der Waals surface area (Å²) in [4.78, 5) is 17.4. The number of rotatable bonds is 5. The first-order valence-electron chi connectivity index (χ1n) is 9.97. The van der Waals surface area contributed by atoms with Crippen molar-refractivity contribution >= 4 is 5.91 Å². The first-order valence-corrected chi connectivity index (χ1v) is 9.97. The zero-order chi connectivity index (χ0) is 18.9. The summed E-state index contributed by atoms with van der Waals surface area (Å²) in [7, 11) is 3.36. The van der Waals surface area contributed by atoms with Gasteiger partial charge in [0, 0.05) is 46.0 Å². The van der Waals surface area contributed by atoms with Crippen LogP contribution in [0.3, 0.4) is 0 Å². The van der Waals surface area contributed by atoms with Gasteiger partial charge in [-0.25, -0.2) is 0 Å². The molecule has 6 nitrogen and oxygen atoms in total. The van der Waals surface area contributed by atoms with Gasteiger partial charge < -0.3 is 19.1 Å². The molecule has 3 aliphatic rings. The maximum atomic E-state index is 12.7. The monoisotopic (exact) mass is 374 g/mol. The number of carbonyl (C=O) groups excluding carboxylic acids is 1. The summed E-state index contributed by atoms with van der Waals surface area (Å²) < 4.78 is 16.4. The molecule has 1 atom stereocenters. The third kappa shape index (κ3) is 3.35. The van der Waals surface area contributed by atoms with Gasteiger partial charge in [-0.05, 0) is 43.4 Å². The Kier molecular flexibility index (Phi) is 5.39. The van der Waals surface area contributed by atoms with E-state index in [2.05, 4.69) is 21.9 Å². The van der Waals surface area contributed by atoms with Gasteiger partial charge in [-0.3, -0.25) is 9.69 Å². The van der Waals surface area contributed by atoms with Gasteiger partial charge in [0.25, 0.3) is 5.91 Å². The molecule has 1 spiro atoms. The van der Waals surface area contributed by atoms with Crippen LogP contribution in [-0.2, 0) is 20.8 Å². The van der Waals surface area contributed by atoms with Crippen LogP contribution in [0.5, 0.6) is 5.75 Å². The molecule has 27 heavy (non-hydrogen) atoms. The number of amides is 1. The SMILES string of the molecule is COc1cccc(CN2CCC(N3C(=O)C(OC)C34CCOCC4)CC2)c1. The van der Waals surface area contributed by atoms with E-state index in [1.165, 1.54) is 5.56 Å². The van der Waals surface area contributed by atoms with Crippen LogP contribution in [0.2, 0.25) is 0 Å². The fraction of sp³-hybridized carbons (Fsp3) is 0.667. The van der Waals surface area contributed by atoms with Gasteiger partial charge in [-0.15, -0.1) is 0 Å². The average molecular weight is 374 g/mol. The van der Waals surface area contributed by atoms with Crippen molar-refractivity contribution in [2.24, 2.45) is 0 Å². The molecule has 1 unspecified atom stereocenters. The van der Waals surface area contributed by atoms with Gasteiger partial charge in [0.15, 0.2) is 6.10 Å². The molecule has 3 aliphatic heterocycles. The van der Waals surface area contributed by atoms with Crippen molar-refractivity contribution in [3.05, 3.63) is 29.8 Å². The lowest BCUT2D eigenvalue weighted by atomic mass is 9.72. The van der Waals surface area contributed by atoms with Crippen LogP contribution in [0, 0.1) is 0 Å². The van der Waals surface area contributed by atoms with Crippen molar-refractivity contribution in [3.8, 4) is 5.75 Å². The van der Waals surface area contributed by atoms with Crippen LogP contribution in [0.25, 0.3) is 0 Å². The van der Waals surface area contributed by atoms with Crippen LogP contribution in [0.4, 0.5) is 0 Å². The Morgan fingerprint density at radius 2 is 1.93 bits per heavy atom. The van der Waals surface area contributed by atoms with E-state index in [1.54, 1.807) is 14.2 Å².